The van der Waals surface area contributed by atoms with E-state index in [0.717, 1.165) is 43.0 Å². The van der Waals surface area contributed by atoms with Crippen LogP contribution in [0.5, 0.6) is 0 Å². The lowest BCUT2D eigenvalue weighted by molar-refractivity contribution is 0.0732. The summed E-state index contributed by atoms with van der Waals surface area (Å²) in [4.78, 5) is 26.5. The van der Waals surface area contributed by atoms with E-state index in [-0.39, 0.29) is 11.9 Å². The van der Waals surface area contributed by atoms with Crippen molar-refractivity contribution in [1.29, 1.82) is 0 Å². The first kappa shape index (κ1) is 19.5. The topological polar surface area (TPSA) is 52.6 Å². The number of rotatable bonds is 1. The molecule has 2 heterocycles. The largest absolute Gasteiger partial charge is 0.512 e. The summed E-state index contributed by atoms with van der Waals surface area (Å²) < 4.78 is 11.9. The molecule has 0 bridgehead atoms. The van der Waals surface area contributed by atoms with Crippen molar-refractivity contribution in [1.82, 2.24) is 0 Å². The lowest BCUT2D eigenvalue weighted by Crippen LogP contribution is -2.40. The molecule has 0 fully saturated rings. The Labute approximate surface area is 188 Å². The van der Waals surface area contributed by atoms with Crippen LogP contribution in [-0.4, -0.2) is 28.6 Å². The van der Waals surface area contributed by atoms with Gasteiger partial charge in [-0.25, -0.2) is 9.59 Å². The quantitative estimate of drug-likeness (QED) is 0.387. The summed E-state index contributed by atoms with van der Waals surface area (Å²) >= 11 is 0. The number of hydrogen-bond donors (Lipinski definition) is 0. The Bertz CT molecular complexity index is 1400. The van der Waals surface area contributed by atoms with E-state index in [4.69, 9.17) is 8.85 Å². The minimum Gasteiger partial charge on any atom is -0.512 e. The zero-order valence-corrected chi connectivity index (χ0v) is 20.4. The molecule has 6 heteroatoms. The Hall–Kier alpha value is -3.23. The van der Waals surface area contributed by atoms with Crippen molar-refractivity contribution in [2.75, 3.05) is 0 Å². The fraction of sp³-hybridized carbons (Fsp3) is 0.154. The highest BCUT2D eigenvalue weighted by Crippen LogP contribution is 2.42. The van der Waals surface area contributed by atoms with Gasteiger partial charge in [0.25, 0.3) is 16.6 Å². The van der Waals surface area contributed by atoms with Gasteiger partial charge in [-0.05, 0) is 58.1 Å². The molecule has 0 saturated carbocycles. The molecule has 0 saturated heterocycles. The van der Waals surface area contributed by atoms with Crippen molar-refractivity contribution in [3.63, 3.8) is 0 Å². The summed E-state index contributed by atoms with van der Waals surface area (Å²) in [5, 5.41) is 5.97. The molecule has 158 valence electrons. The second-order valence-electron chi connectivity index (χ2n) is 9.59. The Kier molecular flexibility index (Phi) is 3.76. The zero-order chi connectivity index (χ0) is 22.4. The lowest BCUT2D eigenvalue weighted by Gasteiger charge is -2.19. The number of carbonyl (C=O) groups excluding carboxylic acids is 2. The van der Waals surface area contributed by atoms with Crippen LogP contribution in [0.3, 0.4) is 0 Å². The van der Waals surface area contributed by atoms with Gasteiger partial charge in [0.2, 0.25) is 0 Å². The molecular formula is C26H22O4Si2. The zero-order valence-electron chi connectivity index (χ0n) is 18.4. The average molecular weight is 455 g/mol. The molecule has 0 radical (unpaired) electrons. The van der Waals surface area contributed by atoms with Crippen LogP contribution in [0.4, 0.5) is 0 Å². The summed E-state index contributed by atoms with van der Waals surface area (Å²) in [5.74, 6) is -0.580. The predicted molar refractivity (Wildman–Crippen MR) is 132 cm³/mol. The summed E-state index contributed by atoms with van der Waals surface area (Å²) in [6.45, 7) is 8.19. The fourth-order valence-corrected chi connectivity index (χ4v) is 9.28. The van der Waals surface area contributed by atoms with E-state index >= 15 is 0 Å². The van der Waals surface area contributed by atoms with Gasteiger partial charge in [-0.3, -0.25) is 0 Å². The maximum Gasteiger partial charge on any atom is 0.325 e. The lowest BCUT2D eigenvalue weighted by atomic mass is 9.87. The van der Waals surface area contributed by atoms with E-state index in [2.05, 4.69) is 24.3 Å². The van der Waals surface area contributed by atoms with Crippen LogP contribution in [0, 0.1) is 0 Å². The minimum absolute atomic E-state index is 0.290. The highest BCUT2D eigenvalue weighted by molar-refractivity contribution is 6.89. The third-order valence-corrected chi connectivity index (χ3v) is 11.5. The SMILES string of the molecule is C[Si]1(C)OC(=O)c2c1cc1ccccc1c2-c1c2c(cc3ccccc13)[Si](C)(C)OC2=O. The van der Waals surface area contributed by atoms with Crippen molar-refractivity contribution in [3.8, 4) is 11.1 Å². The molecule has 0 aromatic heterocycles. The van der Waals surface area contributed by atoms with Gasteiger partial charge in [-0.15, -0.1) is 0 Å². The van der Waals surface area contributed by atoms with Crippen LogP contribution >= 0.6 is 0 Å². The monoisotopic (exact) mass is 454 g/mol. The number of benzene rings is 4. The van der Waals surface area contributed by atoms with Gasteiger partial charge in [-0.1, -0.05) is 60.7 Å². The van der Waals surface area contributed by atoms with Crippen LogP contribution < -0.4 is 10.4 Å². The summed E-state index contributed by atoms with van der Waals surface area (Å²) in [5.41, 5.74) is 2.83. The number of hydrogen-bond acceptors (Lipinski definition) is 4. The van der Waals surface area contributed by atoms with E-state index in [1.807, 2.05) is 62.6 Å². The Morgan fingerprint density at radius 2 is 0.938 bits per heavy atom. The Morgan fingerprint density at radius 3 is 1.34 bits per heavy atom. The van der Waals surface area contributed by atoms with Crippen LogP contribution in [0.2, 0.25) is 26.2 Å². The summed E-state index contributed by atoms with van der Waals surface area (Å²) in [6, 6.07) is 20.4. The van der Waals surface area contributed by atoms with E-state index in [9.17, 15) is 9.59 Å². The van der Waals surface area contributed by atoms with Crippen LogP contribution in [0.25, 0.3) is 32.7 Å². The summed E-state index contributed by atoms with van der Waals surface area (Å²) in [7, 11) is -4.80. The van der Waals surface area contributed by atoms with Gasteiger partial charge in [0.05, 0.1) is 11.1 Å². The molecule has 2 aliphatic rings. The van der Waals surface area contributed by atoms with Gasteiger partial charge in [0.15, 0.2) is 0 Å². The third kappa shape index (κ3) is 2.47. The second-order valence-corrected chi connectivity index (χ2v) is 17.1. The Balaban J connectivity index is 1.89. The van der Waals surface area contributed by atoms with Crippen molar-refractivity contribution in [3.05, 3.63) is 71.8 Å². The van der Waals surface area contributed by atoms with Crippen LogP contribution in [0.15, 0.2) is 60.7 Å². The maximum absolute atomic E-state index is 13.3. The molecule has 4 nitrogen and oxygen atoms in total. The Morgan fingerprint density at radius 1 is 0.562 bits per heavy atom. The smallest absolute Gasteiger partial charge is 0.325 e. The van der Waals surface area contributed by atoms with Crippen LogP contribution in [0.1, 0.15) is 20.7 Å². The molecule has 0 spiro atoms. The molecule has 2 aliphatic heterocycles. The van der Waals surface area contributed by atoms with E-state index in [1.54, 1.807) is 0 Å². The molecular weight excluding hydrogens is 432 g/mol. The normalized spacial score (nSPS) is 17.9. The van der Waals surface area contributed by atoms with E-state index < -0.39 is 16.6 Å². The van der Waals surface area contributed by atoms with Crippen molar-refractivity contribution in [2.45, 2.75) is 26.2 Å². The van der Waals surface area contributed by atoms with E-state index in [0.29, 0.717) is 11.1 Å². The van der Waals surface area contributed by atoms with Gasteiger partial charge in [0, 0.05) is 11.1 Å². The standard InChI is InChI=1S/C26H22O4Si2/c1-31(2)19-13-15-9-5-7-11-17(15)21(23(19)25(27)29-31)22-18-12-8-6-10-16(18)14-20-24(22)26(28)30-32(20,3)4/h5-14H,1-4H3. The highest BCUT2D eigenvalue weighted by atomic mass is 28.4. The minimum atomic E-state index is -2.40. The van der Waals surface area contributed by atoms with Gasteiger partial charge < -0.3 is 8.85 Å². The fourth-order valence-electron chi connectivity index (χ4n) is 5.26. The first-order valence-corrected chi connectivity index (χ1v) is 16.6. The third-order valence-electron chi connectivity index (χ3n) is 6.75. The number of fused-ring (bicyclic) bond motifs is 4. The molecule has 0 atom stereocenters. The second kappa shape index (κ2) is 6.18. The maximum atomic E-state index is 13.3. The molecule has 0 amide bonds. The number of carbonyl (C=O) groups is 2. The molecule has 32 heavy (non-hydrogen) atoms. The molecule has 6 rings (SSSR count). The average Bonchev–Trinajstić information content (AvgIpc) is 3.12. The molecule has 4 aromatic rings. The molecule has 0 aliphatic carbocycles. The predicted octanol–water partition coefficient (Wildman–Crippen LogP) is 4.83. The van der Waals surface area contributed by atoms with Gasteiger partial charge in [0.1, 0.15) is 0 Å². The molecule has 0 N–H and O–H groups in total. The van der Waals surface area contributed by atoms with Crippen molar-refractivity contribution < 1.29 is 18.4 Å². The van der Waals surface area contributed by atoms with Crippen LogP contribution in [-0.2, 0) is 8.85 Å². The first-order chi connectivity index (χ1) is 15.2. The molecule has 4 aromatic carbocycles. The van der Waals surface area contributed by atoms with Gasteiger partial charge in [-0.2, -0.15) is 0 Å². The van der Waals surface area contributed by atoms with Crippen molar-refractivity contribution in [2.24, 2.45) is 0 Å². The first-order valence-electron chi connectivity index (χ1n) is 10.8. The highest BCUT2D eigenvalue weighted by Gasteiger charge is 2.46. The van der Waals surface area contributed by atoms with Gasteiger partial charge >= 0.3 is 11.9 Å². The van der Waals surface area contributed by atoms with Crippen molar-refractivity contribution >= 4 is 60.5 Å². The summed E-state index contributed by atoms with van der Waals surface area (Å²) in [6.07, 6.45) is 0. The van der Waals surface area contributed by atoms with E-state index in [1.165, 1.54) is 0 Å². The molecule has 0 unspecified atom stereocenters.